The molecule has 0 aliphatic rings. The van der Waals surface area contributed by atoms with E-state index in [9.17, 15) is 19.0 Å². The fraction of sp³-hybridized carbons (Fsp3) is 0.721. The van der Waals surface area contributed by atoms with E-state index >= 15 is 0 Å². The van der Waals surface area contributed by atoms with Crippen molar-refractivity contribution in [2.24, 2.45) is 5.73 Å². The molecule has 0 rings (SSSR count). The van der Waals surface area contributed by atoms with Crippen LogP contribution in [0.25, 0.3) is 0 Å². The number of hydrogen-bond donors (Lipinski definition) is 2. The minimum Gasteiger partial charge on any atom is -0.462 e. The van der Waals surface area contributed by atoms with Gasteiger partial charge in [-0.25, -0.2) is 4.57 Å². The van der Waals surface area contributed by atoms with E-state index in [1.807, 2.05) is 0 Å². The van der Waals surface area contributed by atoms with Crippen molar-refractivity contribution in [3.05, 3.63) is 60.8 Å². The Hall–Kier alpha value is -2.29. The summed E-state index contributed by atoms with van der Waals surface area (Å²) in [5.74, 6) is -0.868. The molecule has 0 spiro atoms. The van der Waals surface area contributed by atoms with Gasteiger partial charge in [0.25, 0.3) is 0 Å². The zero-order valence-corrected chi connectivity index (χ0v) is 34.4. The summed E-state index contributed by atoms with van der Waals surface area (Å²) in [5.41, 5.74) is 5.34. The summed E-state index contributed by atoms with van der Waals surface area (Å²) in [4.78, 5) is 34.8. The van der Waals surface area contributed by atoms with Gasteiger partial charge in [-0.15, -0.1) is 0 Å². The van der Waals surface area contributed by atoms with Crippen molar-refractivity contribution in [3.63, 3.8) is 0 Å². The summed E-state index contributed by atoms with van der Waals surface area (Å²) in [6.45, 7) is 3.57. The number of phosphoric ester groups is 1. The van der Waals surface area contributed by atoms with Crippen LogP contribution in [-0.2, 0) is 32.7 Å². The van der Waals surface area contributed by atoms with Gasteiger partial charge in [0.2, 0.25) is 0 Å². The number of allylic oxidation sites excluding steroid dienone is 10. The number of rotatable bonds is 38. The summed E-state index contributed by atoms with van der Waals surface area (Å²) < 4.78 is 32.7. The lowest BCUT2D eigenvalue weighted by atomic mass is 10.0. The van der Waals surface area contributed by atoms with Crippen LogP contribution in [0.5, 0.6) is 0 Å². The van der Waals surface area contributed by atoms with Gasteiger partial charge in [0.15, 0.2) is 6.10 Å². The molecule has 10 heteroatoms. The predicted molar refractivity (Wildman–Crippen MR) is 219 cm³/mol. The normalized spacial score (nSPS) is 14.0. The lowest BCUT2D eigenvalue weighted by Crippen LogP contribution is -2.29. The standard InChI is InChI=1S/C43H76NO8P/c1-3-5-7-9-11-13-15-17-18-19-20-21-22-24-25-27-29-31-33-35-42(45)49-39-41(40-51-53(47,48)50-38-37-44)52-43(46)36-34-32-30-28-26-23-16-14-12-10-8-6-4-2/h5,7,11,13,17-18,20-21,24-25,41H,3-4,6,8-10,12,14-16,19,22-23,26-40,44H2,1-2H3,(H,47,48). The van der Waals surface area contributed by atoms with E-state index in [4.69, 9.17) is 24.3 Å². The molecule has 2 atom stereocenters. The quantitative estimate of drug-likeness (QED) is 0.0272. The molecule has 3 N–H and O–H groups in total. The van der Waals surface area contributed by atoms with Gasteiger partial charge in [0.1, 0.15) is 6.61 Å². The third-order valence-electron chi connectivity index (χ3n) is 8.42. The van der Waals surface area contributed by atoms with Crippen molar-refractivity contribution in [2.45, 2.75) is 174 Å². The number of carbonyl (C=O) groups is 2. The highest BCUT2D eigenvalue weighted by Crippen LogP contribution is 2.43. The SMILES string of the molecule is CCC=CCC=CCC=CCC=CCC=CCCCCCC(=O)OCC(COP(=O)(O)OCCN)OC(=O)CCCCCCCCCCCCCCC. The van der Waals surface area contributed by atoms with Crippen LogP contribution >= 0.6 is 7.82 Å². The second kappa shape index (κ2) is 39.4. The second-order valence-electron chi connectivity index (χ2n) is 13.5. The molecule has 0 bridgehead atoms. The molecule has 53 heavy (non-hydrogen) atoms. The van der Waals surface area contributed by atoms with Crippen molar-refractivity contribution < 1.29 is 37.6 Å². The molecule has 0 aliphatic carbocycles. The molecule has 0 heterocycles. The predicted octanol–water partition coefficient (Wildman–Crippen LogP) is 11.7. The summed E-state index contributed by atoms with van der Waals surface area (Å²) >= 11 is 0. The summed E-state index contributed by atoms with van der Waals surface area (Å²) in [6, 6.07) is 0. The number of carbonyl (C=O) groups excluding carboxylic acids is 2. The van der Waals surface area contributed by atoms with Gasteiger partial charge in [-0.05, 0) is 57.8 Å². The van der Waals surface area contributed by atoms with Crippen LogP contribution in [0, 0.1) is 0 Å². The highest BCUT2D eigenvalue weighted by molar-refractivity contribution is 7.47. The van der Waals surface area contributed by atoms with Gasteiger partial charge in [0, 0.05) is 19.4 Å². The zero-order valence-electron chi connectivity index (χ0n) is 33.5. The lowest BCUT2D eigenvalue weighted by Gasteiger charge is -2.19. The Kier molecular flexibility index (Phi) is 37.7. The minimum absolute atomic E-state index is 0.0470. The number of nitrogens with two attached hydrogens (primary N) is 1. The molecule has 0 aliphatic heterocycles. The topological polar surface area (TPSA) is 134 Å². The molecule has 0 saturated carbocycles. The van der Waals surface area contributed by atoms with E-state index < -0.39 is 32.5 Å². The van der Waals surface area contributed by atoms with Crippen molar-refractivity contribution in [1.29, 1.82) is 0 Å². The average molecular weight is 766 g/mol. The first-order chi connectivity index (χ1) is 25.8. The van der Waals surface area contributed by atoms with Crippen molar-refractivity contribution >= 4 is 19.8 Å². The summed E-state index contributed by atoms with van der Waals surface area (Å²) in [7, 11) is -4.38. The maximum absolute atomic E-state index is 12.5. The average Bonchev–Trinajstić information content (AvgIpc) is 3.14. The monoisotopic (exact) mass is 766 g/mol. The molecule has 2 unspecified atom stereocenters. The number of ether oxygens (including phenoxy) is 2. The van der Waals surface area contributed by atoms with Crippen LogP contribution in [0.15, 0.2) is 60.8 Å². The smallest absolute Gasteiger partial charge is 0.462 e. The number of unbranched alkanes of at least 4 members (excludes halogenated alkanes) is 15. The Morgan fingerprint density at radius 1 is 0.585 bits per heavy atom. The van der Waals surface area contributed by atoms with Gasteiger partial charge in [-0.1, -0.05) is 158 Å². The number of hydrogen-bond acceptors (Lipinski definition) is 8. The minimum atomic E-state index is -4.38. The molecule has 0 saturated heterocycles. The van der Waals surface area contributed by atoms with Crippen LogP contribution in [0.4, 0.5) is 0 Å². The second-order valence-corrected chi connectivity index (χ2v) is 14.9. The van der Waals surface area contributed by atoms with E-state index in [-0.39, 0.29) is 32.6 Å². The summed E-state index contributed by atoms with van der Waals surface area (Å²) in [6.07, 6.45) is 45.3. The fourth-order valence-corrected chi connectivity index (χ4v) is 6.13. The van der Waals surface area contributed by atoms with Gasteiger partial charge < -0.3 is 20.1 Å². The highest BCUT2D eigenvalue weighted by atomic mass is 31.2. The van der Waals surface area contributed by atoms with E-state index in [2.05, 4.69) is 74.6 Å². The third kappa shape index (κ3) is 39.2. The highest BCUT2D eigenvalue weighted by Gasteiger charge is 2.25. The van der Waals surface area contributed by atoms with Crippen molar-refractivity contribution in [3.8, 4) is 0 Å². The van der Waals surface area contributed by atoms with Gasteiger partial charge in [-0.2, -0.15) is 0 Å². The molecule has 0 amide bonds. The number of phosphoric acid groups is 1. The Morgan fingerprint density at radius 2 is 1.04 bits per heavy atom. The molecule has 0 aromatic heterocycles. The Morgan fingerprint density at radius 3 is 1.55 bits per heavy atom. The largest absolute Gasteiger partial charge is 0.472 e. The van der Waals surface area contributed by atoms with Gasteiger partial charge in [0.05, 0.1) is 13.2 Å². The van der Waals surface area contributed by atoms with E-state index in [1.165, 1.54) is 57.8 Å². The molecule has 9 nitrogen and oxygen atoms in total. The van der Waals surface area contributed by atoms with Gasteiger partial charge >= 0.3 is 19.8 Å². The Labute approximate surface area is 323 Å². The first kappa shape index (κ1) is 50.7. The van der Waals surface area contributed by atoms with Gasteiger partial charge in [-0.3, -0.25) is 18.6 Å². The zero-order chi connectivity index (χ0) is 38.9. The van der Waals surface area contributed by atoms with Crippen molar-refractivity contribution in [2.75, 3.05) is 26.4 Å². The summed E-state index contributed by atoms with van der Waals surface area (Å²) in [5, 5.41) is 0. The maximum atomic E-state index is 12.5. The molecule has 0 aromatic rings. The van der Waals surface area contributed by atoms with E-state index in [1.54, 1.807) is 0 Å². The van der Waals surface area contributed by atoms with Crippen LogP contribution in [0.2, 0.25) is 0 Å². The van der Waals surface area contributed by atoms with E-state index in [0.29, 0.717) is 12.8 Å². The Balaban J connectivity index is 4.24. The van der Waals surface area contributed by atoms with Crippen LogP contribution in [0.3, 0.4) is 0 Å². The first-order valence-corrected chi connectivity index (χ1v) is 22.3. The molecule has 0 fully saturated rings. The van der Waals surface area contributed by atoms with Crippen LogP contribution in [0.1, 0.15) is 168 Å². The van der Waals surface area contributed by atoms with Crippen LogP contribution in [-0.4, -0.2) is 49.3 Å². The molecular formula is C43H76NO8P. The first-order valence-electron chi connectivity index (χ1n) is 20.8. The maximum Gasteiger partial charge on any atom is 0.472 e. The molecule has 0 radical (unpaired) electrons. The molecule has 0 aromatic carbocycles. The molecule has 306 valence electrons. The van der Waals surface area contributed by atoms with Crippen LogP contribution < -0.4 is 5.73 Å². The fourth-order valence-electron chi connectivity index (χ4n) is 5.37. The van der Waals surface area contributed by atoms with E-state index in [0.717, 1.165) is 70.6 Å². The third-order valence-corrected chi connectivity index (χ3v) is 9.40. The Bertz CT molecular complexity index is 1050. The molecular weight excluding hydrogens is 689 g/mol. The van der Waals surface area contributed by atoms with Crippen molar-refractivity contribution in [1.82, 2.24) is 0 Å². The number of esters is 2. The lowest BCUT2D eigenvalue weighted by molar-refractivity contribution is -0.161.